The standard InChI is InChI=1S/C13H20N4OS2/c1-8(2)9-10(20-17-16-9)11(18)15-13(12(14)19)6-4-3-5-7-13/h8H,3-7H2,1-2H3,(H2,14,19)(H,15,18). The molecule has 110 valence electrons. The summed E-state index contributed by atoms with van der Waals surface area (Å²) in [5.41, 5.74) is 6.09. The molecule has 0 aromatic carbocycles. The van der Waals surface area contributed by atoms with Gasteiger partial charge in [0.1, 0.15) is 4.88 Å². The zero-order chi connectivity index (χ0) is 14.8. The molecule has 1 saturated carbocycles. The molecule has 1 heterocycles. The van der Waals surface area contributed by atoms with Gasteiger partial charge in [0.2, 0.25) is 0 Å². The van der Waals surface area contributed by atoms with Crippen molar-refractivity contribution in [2.75, 3.05) is 0 Å². The largest absolute Gasteiger partial charge is 0.391 e. The number of hydrogen-bond acceptors (Lipinski definition) is 5. The lowest BCUT2D eigenvalue weighted by molar-refractivity contribution is 0.0911. The molecule has 0 radical (unpaired) electrons. The number of nitrogens with zero attached hydrogens (tertiary/aromatic N) is 2. The predicted molar refractivity (Wildman–Crippen MR) is 84.1 cm³/mol. The predicted octanol–water partition coefficient (Wildman–Crippen LogP) is 2.38. The second-order valence-electron chi connectivity index (χ2n) is 5.60. The van der Waals surface area contributed by atoms with Crippen LogP contribution < -0.4 is 11.1 Å². The zero-order valence-corrected chi connectivity index (χ0v) is 13.4. The van der Waals surface area contributed by atoms with E-state index in [9.17, 15) is 4.79 Å². The van der Waals surface area contributed by atoms with Gasteiger partial charge in [-0.15, -0.1) is 5.10 Å². The molecule has 0 atom stereocenters. The number of nitrogens with one attached hydrogen (secondary N) is 1. The van der Waals surface area contributed by atoms with Gasteiger partial charge < -0.3 is 11.1 Å². The number of rotatable bonds is 4. The van der Waals surface area contributed by atoms with E-state index >= 15 is 0 Å². The van der Waals surface area contributed by atoms with E-state index in [1.807, 2.05) is 13.8 Å². The highest BCUT2D eigenvalue weighted by Gasteiger charge is 2.37. The third-order valence-electron chi connectivity index (χ3n) is 3.80. The quantitative estimate of drug-likeness (QED) is 0.834. The maximum absolute atomic E-state index is 12.5. The smallest absolute Gasteiger partial charge is 0.265 e. The van der Waals surface area contributed by atoms with Crippen molar-refractivity contribution in [3.63, 3.8) is 0 Å². The first-order chi connectivity index (χ1) is 9.46. The van der Waals surface area contributed by atoms with Gasteiger partial charge in [-0.1, -0.05) is 49.8 Å². The molecule has 5 nitrogen and oxygen atoms in total. The van der Waals surface area contributed by atoms with Gasteiger partial charge in [-0.25, -0.2) is 0 Å². The van der Waals surface area contributed by atoms with Crippen molar-refractivity contribution in [2.24, 2.45) is 5.73 Å². The molecule has 0 unspecified atom stereocenters. The van der Waals surface area contributed by atoms with Crippen LogP contribution in [0, 0.1) is 0 Å². The molecule has 20 heavy (non-hydrogen) atoms. The Morgan fingerprint density at radius 1 is 1.40 bits per heavy atom. The highest BCUT2D eigenvalue weighted by Crippen LogP contribution is 2.30. The molecular weight excluding hydrogens is 292 g/mol. The van der Waals surface area contributed by atoms with Gasteiger partial charge >= 0.3 is 0 Å². The van der Waals surface area contributed by atoms with Gasteiger partial charge in [-0.3, -0.25) is 4.79 Å². The second-order valence-corrected chi connectivity index (χ2v) is 6.80. The van der Waals surface area contributed by atoms with E-state index in [4.69, 9.17) is 18.0 Å². The molecule has 0 aliphatic heterocycles. The summed E-state index contributed by atoms with van der Waals surface area (Å²) in [5, 5.41) is 7.10. The summed E-state index contributed by atoms with van der Waals surface area (Å²) < 4.78 is 3.89. The number of nitrogens with two attached hydrogens (primary N) is 1. The van der Waals surface area contributed by atoms with Gasteiger partial charge in [0.25, 0.3) is 5.91 Å². The van der Waals surface area contributed by atoms with Crippen LogP contribution in [-0.2, 0) is 0 Å². The fourth-order valence-corrected chi connectivity index (χ4v) is 3.56. The Morgan fingerprint density at radius 3 is 2.60 bits per heavy atom. The first kappa shape index (κ1) is 15.3. The van der Waals surface area contributed by atoms with Gasteiger partial charge in [-0.2, -0.15) is 0 Å². The molecule has 1 amide bonds. The van der Waals surface area contributed by atoms with E-state index in [-0.39, 0.29) is 11.8 Å². The molecule has 0 bridgehead atoms. The van der Waals surface area contributed by atoms with Crippen molar-refractivity contribution in [2.45, 2.75) is 57.4 Å². The summed E-state index contributed by atoms with van der Waals surface area (Å²) in [5.74, 6) is 0.0139. The van der Waals surface area contributed by atoms with Gasteiger partial charge in [0.05, 0.1) is 16.2 Å². The van der Waals surface area contributed by atoms with Crippen molar-refractivity contribution in [3.05, 3.63) is 10.6 Å². The lowest BCUT2D eigenvalue weighted by Crippen LogP contribution is -2.57. The minimum Gasteiger partial charge on any atom is -0.391 e. The van der Waals surface area contributed by atoms with E-state index < -0.39 is 5.54 Å². The Morgan fingerprint density at radius 2 is 2.05 bits per heavy atom. The van der Waals surface area contributed by atoms with Gasteiger partial charge in [-0.05, 0) is 30.3 Å². The number of thiocarbonyl (C=S) groups is 1. The van der Waals surface area contributed by atoms with Crippen molar-refractivity contribution < 1.29 is 4.79 Å². The summed E-state index contributed by atoms with van der Waals surface area (Å²) >= 11 is 6.32. The van der Waals surface area contributed by atoms with E-state index in [0.717, 1.165) is 42.9 Å². The van der Waals surface area contributed by atoms with Crippen LogP contribution in [-0.4, -0.2) is 26.0 Å². The van der Waals surface area contributed by atoms with Crippen molar-refractivity contribution in [1.82, 2.24) is 14.9 Å². The minimum atomic E-state index is -0.539. The van der Waals surface area contributed by atoms with Crippen LogP contribution in [0.2, 0.25) is 0 Å². The van der Waals surface area contributed by atoms with Crippen LogP contribution >= 0.6 is 23.8 Å². The maximum Gasteiger partial charge on any atom is 0.265 e. The Bertz CT molecular complexity index is 506. The average Bonchev–Trinajstić information content (AvgIpc) is 2.89. The van der Waals surface area contributed by atoms with Crippen LogP contribution in [0.5, 0.6) is 0 Å². The van der Waals surface area contributed by atoms with Gasteiger partial charge in [0, 0.05) is 0 Å². The normalized spacial score (nSPS) is 17.9. The molecule has 2 rings (SSSR count). The second kappa shape index (κ2) is 6.13. The van der Waals surface area contributed by atoms with Crippen molar-refractivity contribution in [3.8, 4) is 0 Å². The highest BCUT2D eigenvalue weighted by atomic mass is 32.1. The average molecular weight is 312 g/mol. The van der Waals surface area contributed by atoms with Crippen LogP contribution in [0.1, 0.15) is 67.2 Å². The Hall–Kier alpha value is -1.08. The molecule has 1 aliphatic rings. The number of hydrogen-bond donors (Lipinski definition) is 2. The molecular formula is C13H20N4OS2. The molecule has 1 fully saturated rings. The third-order valence-corrected chi connectivity index (χ3v) is 4.93. The summed E-state index contributed by atoms with van der Waals surface area (Å²) in [6.07, 6.45) is 4.87. The fourth-order valence-electron chi connectivity index (χ4n) is 2.60. The highest BCUT2D eigenvalue weighted by molar-refractivity contribution is 7.80. The summed E-state index contributed by atoms with van der Waals surface area (Å²) in [6, 6.07) is 0. The molecule has 1 aromatic heterocycles. The lowest BCUT2D eigenvalue weighted by atomic mass is 9.81. The first-order valence-electron chi connectivity index (χ1n) is 6.91. The van der Waals surface area contributed by atoms with E-state index in [1.165, 1.54) is 6.42 Å². The minimum absolute atomic E-state index is 0.154. The summed E-state index contributed by atoms with van der Waals surface area (Å²) in [6.45, 7) is 3.99. The Balaban J connectivity index is 2.20. The lowest BCUT2D eigenvalue weighted by Gasteiger charge is -2.37. The number of aromatic nitrogens is 2. The van der Waals surface area contributed by atoms with E-state index in [0.29, 0.717) is 9.87 Å². The number of carbonyl (C=O) groups is 1. The Labute approximate surface area is 128 Å². The van der Waals surface area contributed by atoms with E-state index in [1.54, 1.807) is 0 Å². The Kier molecular flexibility index (Phi) is 4.70. The monoisotopic (exact) mass is 312 g/mol. The third kappa shape index (κ3) is 2.98. The molecule has 0 spiro atoms. The number of carbonyl (C=O) groups excluding carboxylic acids is 1. The van der Waals surface area contributed by atoms with E-state index in [2.05, 4.69) is 14.9 Å². The zero-order valence-electron chi connectivity index (χ0n) is 11.8. The van der Waals surface area contributed by atoms with Crippen LogP contribution in [0.15, 0.2) is 0 Å². The topological polar surface area (TPSA) is 80.9 Å². The van der Waals surface area contributed by atoms with Crippen molar-refractivity contribution in [1.29, 1.82) is 0 Å². The van der Waals surface area contributed by atoms with Crippen molar-refractivity contribution >= 4 is 34.6 Å². The summed E-state index contributed by atoms with van der Waals surface area (Å²) in [4.78, 5) is 13.5. The number of amides is 1. The molecule has 3 N–H and O–H groups in total. The van der Waals surface area contributed by atoms with Crippen LogP contribution in [0.25, 0.3) is 0 Å². The van der Waals surface area contributed by atoms with Crippen LogP contribution in [0.4, 0.5) is 0 Å². The first-order valence-corrected chi connectivity index (χ1v) is 8.09. The van der Waals surface area contributed by atoms with Crippen LogP contribution in [0.3, 0.4) is 0 Å². The SMILES string of the molecule is CC(C)c1nnsc1C(=O)NC1(C(N)=S)CCCCC1. The molecule has 1 aromatic rings. The molecule has 1 aliphatic carbocycles. The molecule has 0 saturated heterocycles. The molecule has 7 heteroatoms. The van der Waals surface area contributed by atoms with Gasteiger partial charge in [0.15, 0.2) is 0 Å². The fraction of sp³-hybridized carbons (Fsp3) is 0.692. The maximum atomic E-state index is 12.5. The summed E-state index contributed by atoms with van der Waals surface area (Å²) in [7, 11) is 0.